The van der Waals surface area contributed by atoms with Gasteiger partial charge in [0.2, 0.25) is 11.1 Å². The summed E-state index contributed by atoms with van der Waals surface area (Å²) < 4.78 is 0. The Balaban J connectivity index is 1.97. The molecule has 0 spiro atoms. The number of carbonyl (C=O) groups is 1. The maximum absolute atomic E-state index is 12.4. The van der Waals surface area contributed by atoms with Gasteiger partial charge in [0.05, 0.1) is 11.3 Å². The van der Waals surface area contributed by atoms with Crippen molar-refractivity contribution in [2.24, 2.45) is 0 Å². The van der Waals surface area contributed by atoms with Crippen molar-refractivity contribution in [2.45, 2.75) is 50.1 Å². The molecular weight excluding hydrogens is 367 g/mol. The first-order valence-electron chi connectivity index (χ1n) is 7.62. The number of nitrogens with one attached hydrogen (secondary N) is 2. The molecule has 0 saturated heterocycles. The van der Waals surface area contributed by atoms with Crippen molar-refractivity contribution in [3.05, 3.63) is 39.6 Å². The van der Waals surface area contributed by atoms with Gasteiger partial charge in [0.15, 0.2) is 0 Å². The van der Waals surface area contributed by atoms with Gasteiger partial charge in [0.25, 0.3) is 0 Å². The van der Waals surface area contributed by atoms with E-state index in [1.807, 2.05) is 33.8 Å². The van der Waals surface area contributed by atoms with Crippen molar-refractivity contribution in [2.75, 3.05) is 0 Å². The Hall–Kier alpha value is -1.24. The molecule has 0 saturated carbocycles. The van der Waals surface area contributed by atoms with Crippen LogP contribution >= 0.6 is 35.0 Å². The standard InChI is InChI=1S/C16H20Cl2N4OS/c1-8(2)14-20-16(22-21-14)24-10(4)15(23)19-9(3)12-6-5-11(17)7-13(12)18/h5-10H,1-4H3,(H,19,23)(H,20,21,22). The van der Waals surface area contributed by atoms with Gasteiger partial charge in [0, 0.05) is 16.0 Å². The van der Waals surface area contributed by atoms with Crippen LogP contribution in [-0.2, 0) is 4.79 Å². The lowest BCUT2D eigenvalue weighted by molar-refractivity contribution is -0.120. The van der Waals surface area contributed by atoms with Crippen molar-refractivity contribution < 1.29 is 4.79 Å². The predicted octanol–water partition coefficient (Wildman–Crippen LogP) is 4.59. The molecule has 2 aromatic rings. The monoisotopic (exact) mass is 386 g/mol. The number of hydrogen-bond donors (Lipinski definition) is 2. The number of aromatic amines is 1. The molecule has 0 aliphatic rings. The molecule has 1 aromatic carbocycles. The zero-order valence-corrected chi connectivity index (χ0v) is 16.3. The highest BCUT2D eigenvalue weighted by molar-refractivity contribution is 8.00. The highest BCUT2D eigenvalue weighted by Crippen LogP contribution is 2.27. The molecule has 1 aromatic heterocycles. The van der Waals surface area contributed by atoms with Crippen molar-refractivity contribution in [3.63, 3.8) is 0 Å². The first-order valence-corrected chi connectivity index (χ1v) is 9.25. The first kappa shape index (κ1) is 19.1. The smallest absolute Gasteiger partial charge is 0.233 e. The van der Waals surface area contributed by atoms with Gasteiger partial charge in [-0.15, -0.1) is 5.10 Å². The van der Waals surface area contributed by atoms with Gasteiger partial charge in [-0.3, -0.25) is 9.89 Å². The maximum Gasteiger partial charge on any atom is 0.233 e. The molecule has 2 rings (SSSR count). The molecule has 5 nitrogen and oxygen atoms in total. The predicted molar refractivity (Wildman–Crippen MR) is 98.8 cm³/mol. The molecule has 0 aliphatic heterocycles. The molecule has 130 valence electrons. The number of nitrogens with zero attached hydrogens (tertiary/aromatic N) is 2. The number of carbonyl (C=O) groups excluding carboxylic acids is 1. The second-order valence-electron chi connectivity index (χ2n) is 5.81. The summed E-state index contributed by atoms with van der Waals surface area (Å²) in [4.78, 5) is 16.8. The molecule has 0 bridgehead atoms. The summed E-state index contributed by atoms with van der Waals surface area (Å²) in [5.41, 5.74) is 0.826. The average Bonchev–Trinajstić information content (AvgIpc) is 2.95. The summed E-state index contributed by atoms with van der Waals surface area (Å²) in [6, 6.07) is 5.02. The Morgan fingerprint density at radius 2 is 1.96 bits per heavy atom. The molecule has 1 heterocycles. The van der Waals surface area contributed by atoms with Crippen molar-refractivity contribution >= 4 is 40.9 Å². The van der Waals surface area contributed by atoms with Crippen molar-refractivity contribution in [3.8, 4) is 0 Å². The summed E-state index contributed by atoms with van der Waals surface area (Å²) in [6.07, 6.45) is 0. The lowest BCUT2D eigenvalue weighted by Gasteiger charge is -2.18. The third-order valence-corrected chi connectivity index (χ3v) is 4.99. The molecule has 1 amide bonds. The van der Waals surface area contributed by atoms with Gasteiger partial charge in [0.1, 0.15) is 5.82 Å². The van der Waals surface area contributed by atoms with Gasteiger partial charge in [-0.05, 0) is 31.5 Å². The van der Waals surface area contributed by atoms with E-state index in [1.165, 1.54) is 11.8 Å². The summed E-state index contributed by atoms with van der Waals surface area (Å²) in [6.45, 7) is 7.76. The van der Waals surface area contributed by atoms with Crippen LogP contribution in [0.1, 0.15) is 51.0 Å². The molecule has 0 fully saturated rings. The molecule has 0 radical (unpaired) electrons. The van der Waals surface area contributed by atoms with E-state index in [9.17, 15) is 4.79 Å². The topological polar surface area (TPSA) is 70.7 Å². The molecule has 8 heteroatoms. The van der Waals surface area contributed by atoms with Gasteiger partial charge in [-0.25, -0.2) is 4.98 Å². The Kier molecular flexibility index (Phi) is 6.54. The van der Waals surface area contributed by atoms with E-state index < -0.39 is 0 Å². The quantitative estimate of drug-likeness (QED) is 0.711. The fourth-order valence-electron chi connectivity index (χ4n) is 2.04. The first-order chi connectivity index (χ1) is 11.3. The summed E-state index contributed by atoms with van der Waals surface area (Å²) in [5.74, 6) is 0.976. The number of amides is 1. The van der Waals surface area contributed by atoms with E-state index in [0.717, 1.165) is 11.4 Å². The second-order valence-corrected chi connectivity index (χ2v) is 7.97. The summed E-state index contributed by atoms with van der Waals surface area (Å²) in [7, 11) is 0. The fourth-order valence-corrected chi connectivity index (χ4v) is 3.35. The van der Waals surface area contributed by atoms with Crippen LogP contribution in [0, 0.1) is 0 Å². The minimum Gasteiger partial charge on any atom is -0.349 e. The highest BCUT2D eigenvalue weighted by atomic mass is 35.5. The van der Waals surface area contributed by atoms with Crippen LogP contribution in [0.15, 0.2) is 23.4 Å². The molecule has 24 heavy (non-hydrogen) atoms. The van der Waals surface area contributed by atoms with Gasteiger partial charge >= 0.3 is 0 Å². The van der Waals surface area contributed by atoms with E-state index in [2.05, 4.69) is 20.5 Å². The minimum atomic E-state index is -0.325. The maximum atomic E-state index is 12.4. The van der Waals surface area contributed by atoms with Gasteiger partial charge < -0.3 is 5.32 Å². The number of rotatable bonds is 6. The van der Waals surface area contributed by atoms with Crippen LogP contribution in [-0.4, -0.2) is 26.3 Å². The van der Waals surface area contributed by atoms with Crippen LogP contribution in [0.4, 0.5) is 0 Å². The SMILES string of the molecule is CC(Sc1n[nH]c(C(C)C)n1)C(=O)NC(C)c1ccc(Cl)cc1Cl. The number of benzene rings is 1. The third kappa shape index (κ3) is 4.88. The number of halogens is 2. The normalized spacial score (nSPS) is 13.8. The van der Waals surface area contributed by atoms with Crippen molar-refractivity contribution in [1.82, 2.24) is 20.5 Å². The van der Waals surface area contributed by atoms with Crippen LogP contribution in [0.25, 0.3) is 0 Å². The molecular formula is C16H20Cl2N4OS. The third-order valence-electron chi connectivity index (χ3n) is 3.47. The molecule has 2 N–H and O–H groups in total. The lowest BCUT2D eigenvalue weighted by atomic mass is 10.1. The van der Waals surface area contributed by atoms with Crippen LogP contribution in [0.3, 0.4) is 0 Å². The van der Waals surface area contributed by atoms with Crippen LogP contribution < -0.4 is 5.32 Å². The zero-order chi connectivity index (χ0) is 17.9. The van der Waals surface area contributed by atoms with E-state index in [4.69, 9.17) is 23.2 Å². The number of aromatic nitrogens is 3. The Labute approximate surface area is 155 Å². The zero-order valence-electron chi connectivity index (χ0n) is 13.9. The largest absolute Gasteiger partial charge is 0.349 e. The van der Waals surface area contributed by atoms with E-state index >= 15 is 0 Å². The van der Waals surface area contributed by atoms with E-state index in [-0.39, 0.29) is 23.1 Å². The second kappa shape index (κ2) is 8.23. The molecule has 2 atom stereocenters. The Bertz CT molecular complexity index is 720. The number of thioether (sulfide) groups is 1. The van der Waals surface area contributed by atoms with Gasteiger partial charge in [-0.1, -0.05) is 54.9 Å². The average molecular weight is 387 g/mol. The number of hydrogen-bond acceptors (Lipinski definition) is 4. The van der Waals surface area contributed by atoms with Crippen LogP contribution in [0.2, 0.25) is 10.0 Å². The Morgan fingerprint density at radius 3 is 2.54 bits per heavy atom. The van der Waals surface area contributed by atoms with E-state index in [0.29, 0.717) is 15.2 Å². The molecule has 2 unspecified atom stereocenters. The molecule has 0 aliphatic carbocycles. The van der Waals surface area contributed by atoms with E-state index in [1.54, 1.807) is 12.1 Å². The summed E-state index contributed by atoms with van der Waals surface area (Å²) >= 11 is 13.4. The lowest BCUT2D eigenvalue weighted by Crippen LogP contribution is -2.33. The summed E-state index contributed by atoms with van der Waals surface area (Å²) in [5, 5.41) is 11.3. The van der Waals surface area contributed by atoms with Crippen molar-refractivity contribution in [1.29, 1.82) is 0 Å². The van der Waals surface area contributed by atoms with Gasteiger partial charge in [-0.2, -0.15) is 0 Å². The highest BCUT2D eigenvalue weighted by Gasteiger charge is 2.20. The fraction of sp³-hybridized carbons (Fsp3) is 0.438. The minimum absolute atomic E-state index is 0.102. The Morgan fingerprint density at radius 1 is 1.25 bits per heavy atom. The van der Waals surface area contributed by atoms with Crippen LogP contribution in [0.5, 0.6) is 0 Å². The number of H-pyrrole nitrogens is 1.